The average molecular weight is 151 g/mol. The van der Waals surface area contributed by atoms with Crippen LogP contribution >= 0.6 is 10.2 Å². The maximum absolute atomic E-state index is 2.23. The summed E-state index contributed by atoms with van der Waals surface area (Å²) in [4.78, 5) is 0. The van der Waals surface area contributed by atoms with Crippen LogP contribution in [0, 0.1) is 0 Å². The van der Waals surface area contributed by atoms with Crippen LogP contribution in [0.2, 0.25) is 5.32 Å². The topological polar surface area (TPSA) is 0 Å². The molecule has 0 atom stereocenters. The number of hydrogen-bond acceptors (Lipinski definition) is 1. The molecule has 0 saturated heterocycles. The first-order valence-electron chi connectivity index (χ1n) is 1.43. The van der Waals surface area contributed by atoms with Gasteiger partial charge < -0.3 is 0 Å². The van der Waals surface area contributed by atoms with Crippen LogP contribution in [-0.2, 0) is 0 Å². The molecular formula is C3H4SSe. The van der Waals surface area contributed by atoms with Gasteiger partial charge in [-0.15, -0.1) is 0 Å². The van der Waals surface area contributed by atoms with Crippen LogP contribution < -0.4 is 0 Å². The van der Waals surface area contributed by atoms with Gasteiger partial charge in [-0.3, -0.25) is 0 Å². The first-order valence-corrected chi connectivity index (χ1v) is 5.55. The molecule has 0 spiro atoms. The third-order valence-electron chi connectivity index (χ3n) is 0.384. The van der Waals surface area contributed by atoms with E-state index >= 15 is 0 Å². The van der Waals surface area contributed by atoms with E-state index in [1.807, 2.05) is 10.2 Å². The van der Waals surface area contributed by atoms with Gasteiger partial charge in [-0.1, -0.05) is 0 Å². The fourth-order valence-corrected chi connectivity index (χ4v) is 3.06. The second kappa shape index (κ2) is 1.91. The molecular weight excluding hydrogens is 147 g/mol. The summed E-state index contributed by atoms with van der Waals surface area (Å²) in [6, 6.07) is 0. The number of rotatable bonds is 0. The Labute approximate surface area is 41.2 Å². The summed E-state index contributed by atoms with van der Waals surface area (Å²) in [5, 5.41) is 3.53. The van der Waals surface area contributed by atoms with Crippen molar-refractivity contribution in [1.29, 1.82) is 0 Å². The minimum atomic E-state index is 0.875. The summed E-state index contributed by atoms with van der Waals surface area (Å²) in [5.41, 5.74) is 0. The zero-order valence-electron chi connectivity index (χ0n) is 2.68. The van der Waals surface area contributed by atoms with Crippen LogP contribution in [0.5, 0.6) is 0 Å². The van der Waals surface area contributed by atoms with Gasteiger partial charge in [0.25, 0.3) is 0 Å². The van der Waals surface area contributed by atoms with Crippen molar-refractivity contribution in [3.8, 4) is 0 Å². The standard InChI is InChI=1S/C3H4SSe/c1-2-4-5-3-1/h1-2H,3H2. The van der Waals surface area contributed by atoms with Gasteiger partial charge in [0.05, 0.1) is 0 Å². The Morgan fingerprint density at radius 1 is 1.80 bits per heavy atom. The molecule has 0 N–H and O–H groups in total. The van der Waals surface area contributed by atoms with E-state index in [0.717, 1.165) is 13.8 Å². The van der Waals surface area contributed by atoms with Crippen molar-refractivity contribution in [2.75, 3.05) is 0 Å². The molecule has 0 aromatic carbocycles. The Hall–Kier alpha value is 0.609. The van der Waals surface area contributed by atoms with E-state index in [9.17, 15) is 0 Å². The van der Waals surface area contributed by atoms with Gasteiger partial charge in [0.15, 0.2) is 0 Å². The maximum atomic E-state index is 2.23. The first kappa shape index (κ1) is 3.79. The third kappa shape index (κ3) is 0.998. The van der Waals surface area contributed by atoms with Gasteiger partial charge in [-0.2, -0.15) is 0 Å². The van der Waals surface area contributed by atoms with Gasteiger partial charge in [0, 0.05) is 0 Å². The predicted octanol–water partition coefficient (Wildman–Crippen LogP) is 1.28. The predicted molar refractivity (Wildman–Crippen MR) is 27.3 cm³/mol. The molecule has 0 bridgehead atoms. The summed E-state index contributed by atoms with van der Waals surface area (Å²) < 4.78 is 0. The molecule has 1 aliphatic heterocycles. The van der Waals surface area contributed by atoms with E-state index in [0.29, 0.717) is 0 Å². The molecule has 1 heterocycles. The summed E-state index contributed by atoms with van der Waals surface area (Å²) in [5.74, 6) is 0. The van der Waals surface area contributed by atoms with E-state index in [1.165, 1.54) is 5.32 Å². The Kier molecular flexibility index (Phi) is 1.45. The molecule has 0 nitrogen and oxygen atoms in total. The number of allylic oxidation sites excluding steroid dienone is 1. The Morgan fingerprint density at radius 3 is 3.00 bits per heavy atom. The summed E-state index contributed by atoms with van der Waals surface area (Å²) in [7, 11) is 1.96. The minimum absolute atomic E-state index is 0.875. The van der Waals surface area contributed by atoms with Crippen molar-refractivity contribution >= 4 is 24.0 Å². The molecule has 0 aliphatic carbocycles. The molecule has 28 valence electrons. The van der Waals surface area contributed by atoms with Crippen LogP contribution in [0.1, 0.15) is 0 Å². The molecule has 0 radical (unpaired) electrons. The molecule has 0 saturated carbocycles. The van der Waals surface area contributed by atoms with Crippen LogP contribution in [0.15, 0.2) is 11.5 Å². The Bertz CT molecular complexity index is 44.9. The van der Waals surface area contributed by atoms with E-state index in [-0.39, 0.29) is 0 Å². The second-order valence-electron chi connectivity index (χ2n) is 0.753. The molecule has 0 aromatic heterocycles. The molecule has 1 aliphatic rings. The van der Waals surface area contributed by atoms with Crippen LogP contribution in [0.3, 0.4) is 0 Å². The van der Waals surface area contributed by atoms with Crippen molar-refractivity contribution in [1.82, 2.24) is 0 Å². The molecule has 0 fully saturated rings. The molecule has 5 heavy (non-hydrogen) atoms. The quantitative estimate of drug-likeness (QED) is 0.470. The molecule has 2 heteroatoms. The first-order chi connectivity index (χ1) is 2.50. The monoisotopic (exact) mass is 152 g/mol. The van der Waals surface area contributed by atoms with Gasteiger partial charge >= 0.3 is 40.8 Å². The molecule has 0 unspecified atom stereocenters. The van der Waals surface area contributed by atoms with E-state index < -0.39 is 0 Å². The summed E-state index contributed by atoms with van der Waals surface area (Å²) in [6.07, 6.45) is 2.23. The van der Waals surface area contributed by atoms with Crippen LogP contribution in [0.4, 0.5) is 0 Å². The van der Waals surface area contributed by atoms with Crippen molar-refractivity contribution in [2.24, 2.45) is 0 Å². The Balaban J connectivity index is 2.32. The van der Waals surface area contributed by atoms with E-state index in [1.54, 1.807) is 0 Å². The van der Waals surface area contributed by atoms with Gasteiger partial charge in [0.2, 0.25) is 0 Å². The fraction of sp³-hybridized carbons (Fsp3) is 0.333. The van der Waals surface area contributed by atoms with Crippen molar-refractivity contribution in [2.45, 2.75) is 5.32 Å². The summed E-state index contributed by atoms with van der Waals surface area (Å²) >= 11 is 0.875. The third-order valence-corrected chi connectivity index (χ3v) is 3.78. The van der Waals surface area contributed by atoms with E-state index in [2.05, 4.69) is 11.5 Å². The average Bonchev–Trinajstić information content (AvgIpc) is 1.76. The SMILES string of the molecule is C1=CS[Se]C1. The van der Waals surface area contributed by atoms with Crippen LogP contribution in [0.25, 0.3) is 0 Å². The zero-order valence-corrected chi connectivity index (χ0v) is 5.21. The van der Waals surface area contributed by atoms with Crippen LogP contribution in [-0.4, -0.2) is 13.8 Å². The van der Waals surface area contributed by atoms with E-state index in [4.69, 9.17) is 0 Å². The molecule has 0 aromatic rings. The van der Waals surface area contributed by atoms with Gasteiger partial charge in [0.1, 0.15) is 0 Å². The van der Waals surface area contributed by atoms with Crippen molar-refractivity contribution in [3.05, 3.63) is 11.5 Å². The normalized spacial score (nSPS) is 20.8. The van der Waals surface area contributed by atoms with Crippen molar-refractivity contribution in [3.63, 3.8) is 0 Å². The van der Waals surface area contributed by atoms with Crippen molar-refractivity contribution < 1.29 is 0 Å². The fourth-order valence-electron chi connectivity index (χ4n) is 0.196. The molecule has 0 amide bonds. The van der Waals surface area contributed by atoms with Gasteiger partial charge in [-0.25, -0.2) is 0 Å². The number of hydrogen-bond donors (Lipinski definition) is 0. The van der Waals surface area contributed by atoms with Gasteiger partial charge in [-0.05, 0) is 0 Å². The zero-order chi connectivity index (χ0) is 3.54. The molecule has 1 rings (SSSR count). The second-order valence-corrected chi connectivity index (χ2v) is 4.85. The summed E-state index contributed by atoms with van der Waals surface area (Å²) in [6.45, 7) is 0. The Morgan fingerprint density at radius 2 is 2.80 bits per heavy atom.